The molecule has 1 heterocycles. The van der Waals surface area contributed by atoms with Gasteiger partial charge in [0, 0.05) is 44.2 Å². The van der Waals surface area contributed by atoms with Gasteiger partial charge in [-0.1, -0.05) is 30.3 Å². The molecule has 0 N–H and O–H groups in total. The lowest BCUT2D eigenvalue weighted by Gasteiger charge is -2.29. The Bertz CT molecular complexity index is 851. The number of carbonyl (C=O) groups excluding carboxylic acids is 2. The third-order valence-corrected chi connectivity index (χ3v) is 4.91. The Morgan fingerprint density at radius 1 is 1.00 bits per heavy atom. The maximum absolute atomic E-state index is 12.9. The van der Waals surface area contributed by atoms with Crippen molar-refractivity contribution < 1.29 is 19.1 Å². The molecule has 0 aromatic heterocycles. The van der Waals surface area contributed by atoms with Gasteiger partial charge in [0.15, 0.2) is 11.5 Å². The van der Waals surface area contributed by atoms with Gasteiger partial charge in [0.05, 0.1) is 0 Å². The van der Waals surface area contributed by atoms with Crippen LogP contribution in [0.5, 0.6) is 11.5 Å². The highest BCUT2D eigenvalue weighted by molar-refractivity contribution is 5.92. The second kappa shape index (κ2) is 9.45. The van der Waals surface area contributed by atoms with Gasteiger partial charge < -0.3 is 19.3 Å². The lowest BCUT2D eigenvalue weighted by atomic mass is 10.1. The van der Waals surface area contributed by atoms with Crippen molar-refractivity contribution in [3.05, 3.63) is 54.1 Å². The van der Waals surface area contributed by atoms with Crippen molar-refractivity contribution in [2.24, 2.45) is 0 Å². The van der Waals surface area contributed by atoms with E-state index in [-0.39, 0.29) is 24.3 Å². The summed E-state index contributed by atoms with van der Waals surface area (Å²) in [5.74, 6) is 1.20. The Labute approximate surface area is 172 Å². The van der Waals surface area contributed by atoms with E-state index in [1.807, 2.05) is 55.1 Å². The molecule has 0 saturated heterocycles. The lowest BCUT2D eigenvalue weighted by Crippen LogP contribution is -2.39. The average molecular weight is 396 g/mol. The van der Waals surface area contributed by atoms with Crippen molar-refractivity contribution >= 4 is 17.5 Å². The predicted octanol–water partition coefficient (Wildman–Crippen LogP) is 3.64. The molecule has 0 fully saturated rings. The number of hydrogen-bond acceptors (Lipinski definition) is 4. The molecule has 2 aromatic rings. The first-order valence-corrected chi connectivity index (χ1v) is 9.97. The maximum Gasteiger partial charge on any atom is 0.224 e. The van der Waals surface area contributed by atoms with Crippen LogP contribution in [0.15, 0.2) is 48.5 Å². The van der Waals surface area contributed by atoms with E-state index >= 15 is 0 Å². The molecule has 0 aliphatic carbocycles. The summed E-state index contributed by atoms with van der Waals surface area (Å²) in [6.07, 6.45) is 0.249. The third kappa shape index (κ3) is 5.28. The minimum Gasteiger partial charge on any atom is -0.486 e. The van der Waals surface area contributed by atoms with Gasteiger partial charge in [0.25, 0.3) is 0 Å². The monoisotopic (exact) mass is 396 g/mol. The van der Waals surface area contributed by atoms with Gasteiger partial charge in [-0.3, -0.25) is 9.59 Å². The minimum absolute atomic E-state index is 0.0210. The van der Waals surface area contributed by atoms with E-state index in [4.69, 9.17) is 9.47 Å². The number of carbonyl (C=O) groups is 2. The van der Waals surface area contributed by atoms with Crippen LogP contribution in [0, 0.1) is 0 Å². The Balaban J connectivity index is 1.69. The molecule has 6 nitrogen and oxygen atoms in total. The summed E-state index contributed by atoms with van der Waals surface area (Å²) in [6, 6.07) is 15.4. The number of nitrogens with zero attached hydrogens (tertiary/aromatic N) is 2. The van der Waals surface area contributed by atoms with E-state index in [1.54, 1.807) is 17.0 Å². The van der Waals surface area contributed by atoms with Crippen LogP contribution >= 0.6 is 0 Å². The third-order valence-electron chi connectivity index (χ3n) is 4.91. The summed E-state index contributed by atoms with van der Waals surface area (Å²) < 4.78 is 11.2. The molecule has 0 radical (unpaired) electrons. The highest BCUT2D eigenvalue weighted by Gasteiger charge is 2.21. The fourth-order valence-electron chi connectivity index (χ4n) is 3.36. The summed E-state index contributed by atoms with van der Waals surface area (Å²) >= 11 is 0. The van der Waals surface area contributed by atoms with Gasteiger partial charge in [0.1, 0.15) is 13.2 Å². The molecule has 0 bridgehead atoms. The van der Waals surface area contributed by atoms with E-state index in [9.17, 15) is 9.59 Å². The molecule has 1 aliphatic heterocycles. The Morgan fingerprint density at radius 3 is 2.34 bits per heavy atom. The molecule has 1 aliphatic rings. The van der Waals surface area contributed by atoms with E-state index in [2.05, 4.69) is 0 Å². The van der Waals surface area contributed by atoms with Crippen LogP contribution in [0.25, 0.3) is 0 Å². The molecule has 0 saturated carbocycles. The van der Waals surface area contributed by atoms with Gasteiger partial charge in [-0.15, -0.1) is 0 Å². The fourth-order valence-corrected chi connectivity index (χ4v) is 3.36. The molecule has 6 heteroatoms. The number of hydrogen-bond donors (Lipinski definition) is 0. The number of benzene rings is 2. The summed E-state index contributed by atoms with van der Waals surface area (Å²) in [5.41, 5.74) is 1.79. The molecule has 29 heavy (non-hydrogen) atoms. The first-order valence-electron chi connectivity index (χ1n) is 9.97. The molecule has 0 spiro atoms. The normalized spacial score (nSPS) is 12.6. The molecular weight excluding hydrogens is 368 g/mol. The maximum atomic E-state index is 12.9. The highest BCUT2D eigenvalue weighted by Crippen LogP contribution is 2.34. The van der Waals surface area contributed by atoms with Crippen molar-refractivity contribution in [3.63, 3.8) is 0 Å². The van der Waals surface area contributed by atoms with E-state index in [1.165, 1.54) is 6.92 Å². The Hall–Kier alpha value is -3.02. The zero-order valence-corrected chi connectivity index (χ0v) is 17.3. The number of rotatable bonds is 7. The number of ether oxygens (including phenoxy) is 2. The second-order valence-corrected chi connectivity index (χ2v) is 7.35. The molecule has 0 atom stereocenters. The standard InChI is InChI=1S/C23H28N2O4/c1-17(2)25(16-19-7-5-4-6-8-19)23(27)11-12-24(18(3)26)20-9-10-21-22(15-20)29-14-13-28-21/h4-10,15,17H,11-14,16H2,1-3H3. The van der Waals surface area contributed by atoms with Gasteiger partial charge in [-0.2, -0.15) is 0 Å². The first-order chi connectivity index (χ1) is 14.0. The highest BCUT2D eigenvalue weighted by atomic mass is 16.6. The average Bonchev–Trinajstić information content (AvgIpc) is 2.72. The van der Waals surface area contributed by atoms with Crippen molar-refractivity contribution in [1.82, 2.24) is 4.90 Å². The molecule has 2 aromatic carbocycles. The zero-order chi connectivity index (χ0) is 20.8. The predicted molar refractivity (Wildman–Crippen MR) is 112 cm³/mol. The van der Waals surface area contributed by atoms with Crippen molar-refractivity contribution in [2.75, 3.05) is 24.7 Å². The van der Waals surface area contributed by atoms with Crippen LogP contribution in [-0.2, 0) is 16.1 Å². The van der Waals surface area contributed by atoms with Gasteiger partial charge in [-0.25, -0.2) is 0 Å². The Morgan fingerprint density at radius 2 is 1.69 bits per heavy atom. The second-order valence-electron chi connectivity index (χ2n) is 7.35. The number of amides is 2. The van der Waals surface area contributed by atoms with Crippen LogP contribution in [0.3, 0.4) is 0 Å². The minimum atomic E-state index is -0.117. The van der Waals surface area contributed by atoms with Crippen molar-refractivity contribution in [1.29, 1.82) is 0 Å². The Kier molecular flexibility index (Phi) is 6.75. The van der Waals surface area contributed by atoms with E-state index in [0.717, 1.165) is 5.56 Å². The zero-order valence-electron chi connectivity index (χ0n) is 17.3. The molecule has 3 rings (SSSR count). The molecular formula is C23H28N2O4. The van der Waals surface area contributed by atoms with Crippen LogP contribution in [-0.4, -0.2) is 42.5 Å². The molecule has 2 amide bonds. The fraction of sp³-hybridized carbons (Fsp3) is 0.391. The lowest BCUT2D eigenvalue weighted by molar-refractivity contribution is -0.133. The summed E-state index contributed by atoms with van der Waals surface area (Å²) in [6.45, 7) is 7.38. The summed E-state index contributed by atoms with van der Waals surface area (Å²) in [7, 11) is 0. The summed E-state index contributed by atoms with van der Waals surface area (Å²) in [5, 5.41) is 0. The van der Waals surface area contributed by atoms with Crippen molar-refractivity contribution in [2.45, 2.75) is 39.8 Å². The number of fused-ring (bicyclic) bond motifs is 1. The van der Waals surface area contributed by atoms with Gasteiger partial charge in [-0.05, 0) is 31.5 Å². The topological polar surface area (TPSA) is 59.1 Å². The quantitative estimate of drug-likeness (QED) is 0.717. The van der Waals surface area contributed by atoms with Crippen LogP contribution in [0.1, 0.15) is 32.8 Å². The van der Waals surface area contributed by atoms with E-state index in [0.29, 0.717) is 43.5 Å². The van der Waals surface area contributed by atoms with Crippen LogP contribution < -0.4 is 14.4 Å². The largest absolute Gasteiger partial charge is 0.486 e. The van der Waals surface area contributed by atoms with Crippen LogP contribution in [0.2, 0.25) is 0 Å². The first kappa shape index (κ1) is 20.7. The van der Waals surface area contributed by atoms with Crippen molar-refractivity contribution in [3.8, 4) is 11.5 Å². The SMILES string of the molecule is CC(=O)N(CCC(=O)N(Cc1ccccc1)C(C)C)c1ccc2c(c1)OCCO2. The van der Waals surface area contributed by atoms with Crippen LogP contribution in [0.4, 0.5) is 5.69 Å². The van der Waals surface area contributed by atoms with E-state index < -0.39 is 0 Å². The molecule has 154 valence electrons. The van der Waals surface area contributed by atoms with Gasteiger partial charge >= 0.3 is 0 Å². The summed E-state index contributed by atoms with van der Waals surface area (Å²) in [4.78, 5) is 28.6. The number of anilines is 1. The smallest absolute Gasteiger partial charge is 0.224 e. The molecule has 0 unspecified atom stereocenters. The van der Waals surface area contributed by atoms with Gasteiger partial charge in [0.2, 0.25) is 11.8 Å².